The molecule has 28 heavy (non-hydrogen) atoms. The average Bonchev–Trinajstić information content (AvgIpc) is 2.53. The van der Waals surface area contributed by atoms with Crippen molar-refractivity contribution in [3.8, 4) is 0 Å². The Bertz CT molecular complexity index is 876. The molecular weight excluding hydrogens is 418 g/mol. The number of Topliss-reactive ketones (excluding diaryl/α,β-unsaturated/α-hetero) is 2. The van der Waals surface area contributed by atoms with Crippen LogP contribution in [0.25, 0.3) is 0 Å². The quantitative estimate of drug-likeness (QED) is 0.587. The molecule has 2 aliphatic carbocycles. The number of halogens is 1. The molecule has 0 atom stereocenters. The van der Waals surface area contributed by atoms with Gasteiger partial charge in [-0.2, -0.15) is 0 Å². The summed E-state index contributed by atoms with van der Waals surface area (Å²) in [7, 11) is 0. The predicted octanol–water partition coefficient (Wildman–Crippen LogP) is 6.10. The lowest BCUT2D eigenvalue weighted by atomic mass is 9.72. The van der Waals surface area contributed by atoms with Gasteiger partial charge in [0.15, 0.2) is 11.6 Å². The van der Waals surface area contributed by atoms with E-state index in [-0.39, 0.29) is 34.6 Å². The maximum absolute atomic E-state index is 13.0. The van der Waals surface area contributed by atoms with Crippen molar-refractivity contribution in [2.75, 3.05) is 5.32 Å². The predicted molar refractivity (Wildman–Crippen MR) is 115 cm³/mol. The average molecular weight is 446 g/mol. The van der Waals surface area contributed by atoms with E-state index in [4.69, 9.17) is 0 Å². The van der Waals surface area contributed by atoms with Crippen LogP contribution in [0.15, 0.2) is 51.3 Å². The van der Waals surface area contributed by atoms with Crippen molar-refractivity contribution in [3.05, 3.63) is 51.3 Å². The lowest BCUT2D eigenvalue weighted by Gasteiger charge is -2.34. The summed E-state index contributed by atoms with van der Waals surface area (Å²) in [4.78, 5) is 25.6. The molecule has 0 saturated carbocycles. The first-order valence-corrected chi connectivity index (χ1v) is 10.5. The molecule has 0 amide bonds. The summed E-state index contributed by atoms with van der Waals surface area (Å²) in [6.45, 7) is 8.11. The molecule has 2 N–H and O–H groups in total. The van der Waals surface area contributed by atoms with Crippen LogP contribution in [0.4, 0.5) is 5.69 Å². The maximum atomic E-state index is 13.0. The molecule has 0 heterocycles. The fourth-order valence-corrected chi connectivity index (χ4v) is 4.36. The minimum Gasteiger partial charge on any atom is -0.512 e. The number of allylic oxidation sites excluding steroid dienone is 4. The van der Waals surface area contributed by atoms with E-state index in [1.165, 1.54) is 0 Å². The Morgan fingerprint density at radius 3 is 2.00 bits per heavy atom. The molecule has 1 aromatic carbocycles. The summed E-state index contributed by atoms with van der Waals surface area (Å²) in [5.74, 6) is 0.130. The molecule has 0 bridgehead atoms. The van der Waals surface area contributed by atoms with Crippen LogP contribution in [0.2, 0.25) is 0 Å². The van der Waals surface area contributed by atoms with Gasteiger partial charge in [-0.25, -0.2) is 0 Å². The molecule has 0 aromatic heterocycles. The van der Waals surface area contributed by atoms with Gasteiger partial charge in [-0.1, -0.05) is 43.6 Å². The fourth-order valence-electron chi connectivity index (χ4n) is 4.09. The fraction of sp³-hybridized carbons (Fsp3) is 0.478. The van der Waals surface area contributed by atoms with Crippen LogP contribution in [0.3, 0.4) is 0 Å². The van der Waals surface area contributed by atoms with Crippen LogP contribution >= 0.6 is 15.9 Å². The smallest absolute Gasteiger partial charge is 0.163 e. The standard InChI is InChI=1S/C23H28BrNO3/c1-22(2)10-18(25-15-7-5-14(24)6-8-15)16(19(26)11-22)9-17-20(27)12-23(3,4)13-21(17)28/h5-8,25,27H,9-13H2,1-4H3. The topological polar surface area (TPSA) is 66.4 Å². The van der Waals surface area contributed by atoms with Crippen LogP contribution in [-0.2, 0) is 9.59 Å². The number of aliphatic hydroxyl groups is 1. The first kappa shape index (κ1) is 20.8. The molecule has 5 heteroatoms. The van der Waals surface area contributed by atoms with Gasteiger partial charge in [0.05, 0.1) is 5.76 Å². The third-order valence-electron chi connectivity index (χ3n) is 5.46. The number of carbonyl (C=O) groups excluding carboxylic acids is 2. The number of hydrogen-bond acceptors (Lipinski definition) is 4. The molecule has 150 valence electrons. The summed E-state index contributed by atoms with van der Waals surface area (Å²) in [6.07, 6.45) is 2.24. The Hall–Kier alpha value is -1.88. The molecule has 1 aromatic rings. The van der Waals surface area contributed by atoms with Crippen molar-refractivity contribution < 1.29 is 14.7 Å². The molecule has 0 radical (unpaired) electrons. The molecule has 0 saturated heterocycles. The van der Waals surface area contributed by atoms with Crippen LogP contribution in [0, 0.1) is 10.8 Å². The van der Waals surface area contributed by atoms with E-state index in [2.05, 4.69) is 35.1 Å². The highest BCUT2D eigenvalue weighted by Crippen LogP contribution is 2.42. The van der Waals surface area contributed by atoms with Gasteiger partial charge in [-0.15, -0.1) is 0 Å². The number of ketones is 2. The Balaban J connectivity index is 1.97. The molecule has 3 rings (SSSR count). The van der Waals surface area contributed by atoms with Crippen molar-refractivity contribution in [3.63, 3.8) is 0 Å². The van der Waals surface area contributed by atoms with Crippen LogP contribution in [-0.4, -0.2) is 16.7 Å². The van der Waals surface area contributed by atoms with Gasteiger partial charge in [0, 0.05) is 52.7 Å². The summed E-state index contributed by atoms with van der Waals surface area (Å²) >= 11 is 3.43. The number of aliphatic hydroxyl groups excluding tert-OH is 1. The number of anilines is 1. The van der Waals surface area contributed by atoms with Gasteiger partial charge in [-0.05, 0) is 41.5 Å². The van der Waals surface area contributed by atoms with Gasteiger partial charge >= 0.3 is 0 Å². The normalized spacial score (nSPS) is 21.9. The SMILES string of the molecule is CC1(C)CC(=O)C(CC2=C(Nc3ccc(Br)cc3)CC(C)(C)CC2=O)=C(O)C1. The van der Waals surface area contributed by atoms with Gasteiger partial charge in [0.25, 0.3) is 0 Å². The molecular formula is C23H28BrNO3. The number of benzene rings is 1. The number of carbonyl (C=O) groups is 2. The minimum atomic E-state index is -0.240. The van der Waals surface area contributed by atoms with Crippen molar-refractivity contribution in [2.45, 2.75) is 59.8 Å². The largest absolute Gasteiger partial charge is 0.512 e. The third kappa shape index (κ3) is 4.75. The second kappa shape index (κ2) is 7.51. The Morgan fingerprint density at radius 2 is 1.43 bits per heavy atom. The molecule has 0 aliphatic heterocycles. The summed E-state index contributed by atoms with van der Waals surface area (Å²) in [6, 6.07) is 7.79. The highest BCUT2D eigenvalue weighted by molar-refractivity contribution is 9.10. The van der Waals surface area contributed by atoms with Crippen molar-refractivity contribution in [2.24, 2.45) is 10.8 Å². The highest BCUT2D eigenvalue weighted by Gasteiger charge is 2.37. The lowest BCUT2D eigenvalue weighted by molar-refractivity contribution is -0.118. The van der Waals surface area contributed by atoms with Crippen molar-refractivity contribution in [1.29, 1.82) is 0 Å². The van der Waals surface area contributed by atoms with E-state index in [0.717, 1.165) is 22.3 Å². The van der Waals surface area contributed by atoms with E-state index in [0.29, 0.717) is 30.4 Å². The maximum Gasteiger partial charge on any atom is 0.163 e. The summed E-state index contributed by atoms with van der Waals surface area (Å²) < 4.78 is 0.984. The molecule has 2 aliphatic rings. The zero-order valence-electron chi connectivity index (χ0n) is 17.0. The zero-order valence-corrected chi connectivity index (χ0v) is 18.6. The Morgan fingerprint density at radius 1 is 0.893 bits per heavy atom. The lowest BCUT2D eigenvalue weighted by Crippen LogP contribution is -2.31. The second-order valence-corrected chi connectivity index (χ2v) is 10.5. The summed E-state index contributed by atoms with van der Waals surface area (Å²) in [5.41, 5.74) is 2.38. The van der Waals surface area contributed by atoms with Gasteiger partial charge in [0.2, 0.25) is 0 Å². The van der Waals surface area contributed by atoms with E-state index < -0.39 is 0 Å². The molecule has 0 spiro atoms. The first-order chi connectivity index (χ1) is 13.0. The van der Waals surface area contributed by atoms with Gasteiger partial charge in [0.1, 0.15) is 0 Å². The molecule has 4 nitrogen and oxygen atoms in total. The zero-order chi connectivity index (χ0) is 20.7. The number of hydrogen-bond donors (Lipinski definition) is 2. The Kier molecular flexibility index (Phi) is 5.59. The Labute approximate surface area is 175 Å². The third-order valence-corrected chi connectivity index (χ3v) is 5.99. The van der Waals surface area contributed by atoms with Crippen molar-refractivity contribution >= 4 is 33.2 Å². The molecule has 0 unspecified atom stereocenters. The molecule has 0 fully saturated rings. The van der Waals surface area contributed by atoms with E-state index in [1.54, 1.807) is 0 Å². The first-order valence-electron chi connectivity index (χ1n) is 9.68. The van der Waals surface area contributed by atoms with E-state index in [9.17, 15) is 14.7 Å². The second-order valence-electron chi connectivity index (χ2n) is 9.57. The van der Waals surface area contributed by atoms with Crippen LogP contribution in [0.1, 0.15) is 59.8 Å². The van der Waals surface area contributed by atoms with Gasteiger partial charge in [-0.3, -0.25) is 9.59 Å². The monoisotopic (exact) mass is 445 g/mol. The van der Waals surface area contributed by atoms with E-state index >= 15 is 0 Å². The van der Waals surface area contributed by atoms with Crippen LogP contribution < -0.4 is 5.32 Å². The minimum absolute atomic E-state index is 0.0498. The number of nitrogens with one attached hydrogen (secondary N) is 1. The highest BCUT2D eigenvalue weighted by atomic mass is 79.9. The van der Waals surface area contributed by atoms with E-state index in [1.807, 2.05) is 38.1 Å². The van der Waals surface area contributed by atoms with Crippen LogP contribution in [0.5, 0.6) is 0 Å². The van der Waals surface area contributed by atoms with Crippen molar-refractivity contribution in [1.82, 2.24) is 0 Å². The number of rotatable bonds is 4. The van der Waals surface area contributed by atoms with Gasteiger partial charge < -0.3 is 10.4 Å². The summed E-state index contributed by atoms with van der Waals surface area (Å²) in [5, 5.41) is 13.9.